The van der Waals surface area contributed by atoms with Crippen molar-refractivity contribution in [1.82, 2.24) is 0 Å². The highest BCUT2D eigenvalue weighted by molar-refractivity contribution is 6.29. The summed E-state index contributed by atoms with van der Waals surface area (Å²) in [7, 11) is 0. The van der Waals surface area contributed by atoms with Crippen molar-refractivity contribution < 1.29 is 0 Å². The van der Waals surface area contributed by atoms with Gasteiger partial charge < -0.3 is 0 Å². The van der Waals surface area contributed by atoms with Crippen LogP contribution in [0.1, 0.15) is 0 Å². The summed E-state index contributed by atoms with van der Waals surface area (Å²) in [4.78, 5) is 0. The van der Waals surface area contributed by atoms with E-state index in [0.29, 0.717) is 0 Å². The van der Waals surface area contributed by atoms with Crippen LogP contribution in [0, 0.1) is 0 Å². The van der Waals surface area contributed by atoms with E-state index in [4.69, 9.17) is 0 Å². The maximum absolute atomic E-state index is 2.39. The molecule has 10 rings (SSSR count). The molecule has 0 aliphatic heterocycles. The summed E-state index contributed by atoms with van der Waals surface area (Å²) in [5.41, 5.74) is 12.3. The lowest BCUT2D eigenvalue weighted by molar-refractivity contribution is 1.60. The third kappa shape index (κ3) is 4.92. The normalized spacial score (nSPS) is 11.5. The molecule has 0 aromatic heterocycles. The molecule has 0 nitrogen and oxygen atoms in total. The Balaban J connectivity index is 1.45. The first-order chi connectivity index (χ1) is 25.8. The van der Waals surface area contributed by atoms with Crippen molar-refractivity contribution in [2.24, 2.45) is 0 Å². The molecule has 0 bridgehead atoms. The third-order valence-corrected chi connectivity index (χ3v) is 10.6. The third-order valence-electron chi connectivity index (χ3n) is 10.6. The van der Waals surface area contributed by atoms with Gasteiger partial charge in [0.2, 0.25) is 0 Å². The van der Waals surface area contributed by atoms with Gasteiger partial charge in [0.05, 0.1) is 0 Å². The molecule has 0 spiro atoms. The Morgan fingerprint density at radius 2 is 0.635 bits per heavy atom. The van der Waals surface area contributed by atoms with Gasteiger partial charge in [-0.05, 0) is 105 Å². The van der Waals surface area contributed by atoms with Gasteiger partial charge in [0.1, 0.15) is 0 Å². The van der Waals surface area contributed by atoms with E-state index in [1.54, 1.807) is 0 Å². The zero-order valence-electron chi connectivity index (χ0n) is 28.6. The van der Waals surface area contributed by atoms with Crippen LogP contribution < -0.4 is 0 Å². The lowest BCUT2D eigenvalue weighted by Crippen LogP contribution is -1.96. The molecule has 10 aromatic carbocycles. The minimum absolute atomic E-state index is 1.21. The molecular weight excluding hydrogens is 625 g/mol. The molecule has 0 saturated heterocycles. The number of hydrogen-bond acceptors (Lipinski definition) is 0. The number of benzene rings is 10. The van der Waals surface area contributed by atoms with E-state index in [2.05, 4.69) is 206 Å². The number of rotatable bonds is 5. The molecule has 52 heavy (non-hydrogen) atoms. The lowest BCUT2D eigenvalue weighted by atomic mass is 9.79. The van der Waals surface area contributed by atoms with Gasteiger partial charge in [0, 0.05) is 0 Å². The van der Waals surface area contributed by atoms with Gasteiger partial charge in [-0.2, -0.15) is 0 Å². The van der Waals surface area contributed by atoms with E-state index in [1.165, 1.54) is 98.7 Å². The Kier molecular flexibility index (Phi) is 7.25. The summed E-state index contributed by atoms with van der Waals surface area (Å²) in [6.07, 6.45) is 0. The molecule has 0 saturated carbocycles. The van der Waals surface area contributed by atoms with Crippen LogP contribution >= 0.6 is 0 Å². The Morgan fingerprint density at radius 3 is 1.35 bits per heavy atom. The van der Waals surface area contributed by atoms with Crippen molar-refractivity contribution in [2.45, 2.75) is 0 Å². The quantitative estimate of drug-likeness (QED) is 0.161. The van der Waals surface area contributed by atoms with Crippen LogP contribution in [-0.2, 0) is 0 Å². The Morgan fingerprint density at radius 1 is 0.212 bits per heavy atom. The highest BCUT2D eigenvalue weighted by atomic mass is 14.3. The largest absolute Gasteiger partial charge is 0.0622 e. The van der Waals surface area contributed by atoms with Crippen LogP contribution in [-0.4, -0.2) is 0 Å². The summed E-state index contributed by atoms with van der Waals surface area (Å²) in [5, 5.41) is 10.0. The number of hydrogen-bond donors (Lipinski definition) is 0. The summed E-state index contributed by atoms with van der Waals surface area (Å²) in [6.45, 7) is 0. The molecule has 10 aromatic rings. The van der Waals surface area contributed by atoms with E-state index in [9.17, 15) is 0 Å². The van der Waals surface area contributed by atoms with Gasteiger partial charge >= 0.3 is 0 Å². The van der Waals surface area contributed by atoms with E-state index < -0.39 is 0 Å². The highest BCUT2D eigenvalue weighted by Crippen LogP contribution is 2.51. The molecule has 0 N–H and O–H groups in total. The minimum atomic E-state index is 1.21. The molecule has 0 heteroatoms. The van der Waals surface area contributed by atoms with Crippen molar-refractivity contribution in [2.75, 3.05) is 0 Å². The summed E-state index contributed by atoms with van der Waals surface area (Å²) < 4.78 is 0. The van der Waals surface area contributed by atoms with Crippen LogP contribution in [0.3, 0.4) is 0 Å². The fourth-order valence-corrected chi connectivity index (χ4v) is 8.38. The molecule has 242 valence electrons. The smallest absolute Gasteiger partial charge is 0.00137 e. The molecule has 0 aliphatic rings. The van der Waals surface area contributed by atoms with Crippen LogP contribution in [0.2, 0.25) is 0 Å². The molecular formula is C52H34. The average molecular weight is 659 g/mol. The van der Waals surface area contributed by atoms with E-state index in [-0.39, 0.29) is 0 Å². The second kappa shape index (κ2) is 12.5. The topological polar surface area (TPSA) is 0 Å². The predicted octanol–water partition coefficient (Wildman–Crippen LogP) is 14.6. The Hall–Kier alpha value is -6.76. The van der Waals surface area contributed by atoms with Crippen molar-refractivity contribution >= 4 is 43.1 Å². The first kappa shape index (κ1) is 30.1. The van der Waals surface area contributed by atoms with Crippen molar-refractivity contribution in [3.63, 3.8) is 0 Å². The van der Waals surface area contributed by atoms with Crippen molar-refractivity contribution in [3.8, 4) is 55.6 Å². The zero-order chi connectivity index (χ0) is 34.4. The minimum Gasteiger partial charge on any atom is -0.0622 e. The molecule has 0 heterocycles. The van der Waals surface area contributed by atoms with Gasteiger partial charge in [-0.1, -0.05) is 200 Å². The van der Waals surface area contributed by atoms with Gasteiger partial charge in [0.15, 0.2) is 0 Å². The van der Waals surface area contributed by atoms with Crippen LogP contribution in [0.25, 0.3) is 98.7 Å². The van der Waals surface area contributed by atoms with Gasteiger partial charge in [-0.3, -0.25) is 0 Å². The summed E-state index contributed by atoms with van der Waals surface area (Å²) in [5.74, 6) is 0. The molecule has 0 radical (unpaired) electrons. The van der Waals surface area contributed by atoms with E-state index in [0.717, 1.165) is 0 Å². The van der Waals surface area contributed by atoms with Gasteiger partial charge in [-0.25, -0.2) is 0 Å². The van der Waals surface area contributed by atoms with E-state index in [1.807, 2.05) is 0 Å². The molecule has 0 aliphatic carbocycles. The average Bonchev–Trinajstić information content (AvgIpc) is 3.22. The van der Waals surface area contributed by atoms with Crippen LogP contribution in [0.15, 0.2) is 206 Å². The molecule has 0 unspecified atom stereocenters. The van der Waals surface area contributed by atoms with Crippen LogP contribution in [0.4, 0.5) is 0 Å². The zero-order valence-corrected chi connectivity index (χ0v) is 28.6. The SMILES string of the molecule is c1ccc(-c2cccc(-c3c4cccc(-c5ccccc5)c4c(-c4cccc5ccccc45)c4cccc(-c5cccc6ccccc56)c34)c2)cc1. The second-order valence-corrected chi connectivity index (χ2v) is 13.6. The van der Waals surface area contributed by atoms with E-state index >= 15 is 0 Å². The first-order valence-electron chi connectivity index (χ1n) is 18.0. The van der Waals surface area contributed by atoms with Crippen LogP contribution in [0.5, 0.6) is 0 Å². The summed E-state index contributed by atoms with van der Waals surface area (Å²) >= 11 is 0. The van der Waals surface area contributed by atoms with Crippen molar-refractivity contribution in [3.05, 3.63) is 206 Å². The Labute approximate surface area is 303 Å². The second-order valence-electron chi connectivity index (χ2n) is 13.6. The fraction of sp³-hybridized carbons (Fsp3) is 0. The molecule has 0 atom stereocenters. The molecule has 0 amide bonds. The lowest BCUT2D eigenvalue weighted by Gasteiger charge is -2.23. The standard InChI is InChI=1S/C52H34/c1-3-16-35(17-4-1)39-24-11-25-40(34-39)49-47-32-14-28-43(38-18-5-2-6-19-38)50(47)52(45-30-13-23-37-21-8-10-27-42(37)45)48-33-15-31-46(51(48)49)44-29-12-22-36-20-7-9-26-41(36)44/h1-34H. The summed E-state index contributed by atoms with van der Waals surface area (Å²) in [6, 6.07) is 75.6. The Bertz CT molecular complexity index is 2920. The molecule has 0 fully saturated rings. The maximum Gasteiger partial charge on any atom is -0.00137 e. The van der Waals surface area contributed by atoms with Gasteiger partial charge in [-0.15, -0.1) is 0 Å². The predicted molar refractivity (Wildman–Crippen MR) is 224 cm³/mol. The highest BCUT2D eigenvalue weighted by Gasteiger charge is 2.23. The maximum atomic E-state index is 2.39. The number of fused-ring (bicyclic) bond motifs is 4. The van der Waals surface area contributed by atoms with Gasteiger partial charge in [0.25, 0.3) is 0 Å². The first-order valence-corrected chi connectivity index (χ1v) is 18.0. The monoisotopic (exact) mass is 658 g/mol. The fourth-order valence-electron chi connectivity index (χ4n) is 8.38. The van der Waals surface area contributed by atoms with Crippen molar-refractivity contribution in [1.29, 1.82) is 0 Å².